The predicted molar refractivity (Wildman–Crippen MR) is 185 cm³/mol. The summed E-state index contributed by atoms with van der Waals surface area (Å²) >= 11 is 0. The number of benzene rings is 5. The van der Waals surface area contributed by atoms with Gasteiger partial charge in [-0.2, -0.15) is 0 Å². The molecule has 0 aliphatic heterocycles. The van der Waals surface area contributed by atoms with Crippen LogP contribution in [0, 0.1) is 13.8 Å². The maximum absolute atomic E-state index is 10.8. The Kier molecular flexibility index (Phi) is 15.5. The van der Waals surface area contributed by atoms with E-state index in [0.717, 1.165) is 47.2 Å². The van der Waals surface area contributed by atoms with Gasteiger partial charge in [-0.15, -0.1) is 0 Å². The first-order valence-corrected chi connectivity index (χ1v) is 14.8. The van der Waals surface area contributed by atoms with E-state index in [4.69, 9.17) is 29.5 Å². The van der Waals surface area contributed by atoms with Crippen molar-refractivity contribution < 1.29 is 51.5 Å². The van der Waals surface area contributed by atoms with Crippen LogP contribution in [0.2, 0.25) is 0 Å². The topological polar surface area (TPSA) is 155 Å². The number of nitrogens with zero attached hydrogens (tertiary/aromatic N) is 2. The molecule has 0 bridgehead atoms. The Morgan fingerprint density at radius 3 is 1.39 bits per heavy atom. The number of carbonyl (C=O) groups excluding carboxylic acids is 2. The standard InChI is InChI=1S/C35H30N2O3.2C2H4O2.Co/c1-23-16-27(25-10-6-4-7-11-25)18-29(34(23)38)21-36-32-15-14-31(40-3)20-33(32)37-22-30-19-28(17-24(2)35(30)39)26-12-8-5-9-13-26;2*1-2(3)4;/h4-22,38-39H,1-3H3;2*1H3,(H,3,4);/q;;;+2/p-2. The summed E-state index contributed by atoms with van der Waals surface area (Å²) in [6, 6.07) is 33.2. The molecule has 0 heterocycles. The Bertz CT molecular complexity index is 1910. The Morgan fingerprint density at radius 2 is 1.00 bits per heavy atom. The second-order valence-electron chi connectivity index (χ2n) is 10.5. The van der Waals surface area contributed by atoms with Crippen LogP contribution in [0.4, 0.5) is 11.4 Å². The van der Waals surface area contributed by atoms with Crippen molar-refractivity contribution in [3.8, 4) is 39.5 Å². The average Bonchev–Trinajstić information content (AvgIpc) is 3.06. The molecular weight excluding hydrogens is 667 g/mol. The zero-order valence-electron chi connectivity index (χ0n) is 27.6. The summed E-state index contributed by atoms with van der Waals surface area (Å²) in [5.74, 6) is -1.18. The molecule has 0 saturated carbocycles. The molecule has 0 amide bonds. The minimum absolute atomic E-state index is 0. The normalized spacial score (nSPS) is 10.3. The molecule has 5 rings (SSSR count). The number of aryl methyl sites for hydroxylation is 2. The van der Waals surface area contributed by atoms with Crippen molar-refractivity contribution in [1.82, 2.24) is 0 Å². The maximum atomic E-state index is 10.8. The van der Waals surface area contributed by atoms with Crippen LogP contribution < -0.4 is 14.9 Å². The number of ether oxygens (including phenoxy) is 1. The molecule has 0 atom stereocenters. The van der Waals surface area contributed by atoms with Crippen LogP contribution in [-0.2, 0) is 26.4 Å². The van der Waals surface area contributed by atoms with Crippen LogP contribution in [0.25, 0.3) is 22.3 Å². The van der Waals surface area contributed by atoms with Gasteiger partial charge in [0.25, 0.3) is 0 Å². The number of carboxylic acids is 2. The fourth-order valence-corrected chi connectivity index (χ4v) is 4.53. The second-order valence-corrected chi connectivity index (χ2v) is 10.5. The molecule has 49 heavy (non-hydrogen) atoms. The van der Waals surface area contributed by atoms with Gasteiger partial charge >= 0.3 is 16.8 Å². The third kappa shape index (κ3) is 12.1. The summed E-state index contributed by atoms with van der Waals surface area (Å²) in [4.78, 5) is 27.2. The van der Waals surface area contributed by atoms with Crippen molar-refractivity contribution in [3.63, 3.8) is 0 Å². The first kappa shape index (κ1) is 39.5. The van der Waals surface area contributed by atoms with Crippen molar-refractivity contribution in [2.24, 2.45) is 9.98 Å². The van der Waals surface area contributed by atoms with Crippen molar-refractivity contribution in [1.29, 1.82) is 0 Å². The van der Waals surface area contributed by atoms with E-state index in [0.29, 0.717) is 28.3 Å². The minimum Gasteiger partial charge on any atom is -0.550 e. The average molecular weight is 704 g/mol. The molecular formula is C39H36CoN2O7. The van der Waals surface area contributed by atoms with E-state index in [1.807, 2.05) is 111 Å². The molecule has 10 heteroatoms. The molecule has 0 aliphatic carbocycles. The first-order valence-electron chi connectivity index (χ1n) is 14.8. The number of phenolic OH excluding ortho intramolecular Hbond substituents is 2. The third-order valence-electron chi connectivity index (χ3n) is 6.74. The predicted octanol–water partition coefficient (Wildman–Crippen LogP) is 6.07. The van der Waals surface area contributed by atoms with Gasteiger partial charge in [0.2, 0.25) is 0 Å². The van der Waals surface area contributed by atoms with E-state index in [1.54, 1.807) is 25.6 Å². The number of phenols is 2. The van der Waals surface area contributed by atoms with Crippen LogP contribution in [0.3, 0.4) is 0 Å². The number of aliphatic carboxylic acids is 2. The smallest absolute Gasteiger partial charge is 0.550 e. The summed E-state index contributed by atoms with van der Waals surface area (Å²) < 4.78 is 5.43. The van der Waals surface area contributed by atoms with Crippen molar-refractivity contribution in [2.75, 3.05) is 7.11 Å². The molecule has 5 aromatic carbocycles. The van der Waals surface area contributed by atoms with E-state index in [-0.39, 0.29) is 28.3 Å². The van der Waals surface area contributed by atoms with E-state index < -0.39 is 11.9 Å². The van der Waals surface area contributed by atoms with Gasteiger partial charge in [0.15, 0.2) is 0 Å². The molecule has 0 saturated heterocycles. The number of aliphatic imine (C=N–C) groups is 2. The SMILES string of the molecule is CC(=O)[O-].CC(=O)[O-].COc1ccc(N=Cc2cc(-c3ccccc3)cc(C)c2O)c(N=Cc2cc(-c3ccccc3)cc(C)c2O)c1.[Co+2]. The summed E-state index contributed by atoms with van der Waals surface area (Å²) in [6.07, 6.45) is 3.29. The number of aromatic hydroxyl groups is 2. The Labute approximate surface area is 296 Å². The van der Waals surface area contributed by atoms with Gasteiger partial charge in [-0.05, 0) is 97.5 Å². The van der Waals surface area contributed by atoms with Gasteiger partial charge in [-0.1, -0.05) is 60.7 Å². The fraction of sp³-hybridized carbons (Fsp3) is 0.128. The fourth-order valence-electron chi connectivity index (χ4n) is 4.53. The van der Waals surface area contributed by atoms with E-state index in [2.05, 4.69) is 4.99 Å². The largest absolute Gasteiger partial charge is 2.00 e. The molecule has 5 aromatic rings. The van der Waals surface area contributed by atoms with Gasteiger partial charge < -0.3 is 34.8 Å². The van der Waals surface area contributed by atoms with Crippen LogP contribution in [0.15, 0.2) is 113 Å². The molecule has 9 nitrogen and oxygen atoms in total. The molecule has 1 radical (unpaired) electrons. The number of methoxy groups -OCH3 is 1. The Hall–Kier alpha value is -5.71. The van der Waals surface area contributed by atoms with Crippen molar-refractivity contribution >= 4 is 35.7 Å². The van der Waals surface area contributed by atoms with Gasteiger partial charge in [0, 0.05) is 41.6 Å². The Morgan fingerprint density at radius 1 is 0.612 bits per heavy atom. The van der Waals surface area contributed by atoms with Crippen LogP contribution in [0.1, 0.15) is 36.1 Å². The van der Waals surface area contributed by atoms with E-state index in [9.17, 15) is 10.2 Å². The second kappa shape index (κ2) is 19.2. The third-order valence-corrected chi connectivity index (χ3v) is 6.74. The zero-order valence-corrected chi connectivity index (χ0v) is 28.7. The monoisotopic (exact) mass is 703 g/mol. The maximum Gasteiger partial charge on any atom is 2.00 e. The summed E-state index contributed by atoms with van der Waals surface area (Å²) in [6.45, 7) is 5.69. The number of hydrogen-bond acceptors (Lipinski definition) is 9. The number of carbonyl (C=O) groups is 2. The quantitative estimate of drug-likeness (QED) is 0.195. The number of hydrogen-bond donors (Lipinski definition) is 2. The van der Waals surface area contributed by atoms with Crippen LogP contribution >= 0.6 is 0 Å². The first-order chi connectivity index (χ1) is 22.9. The van der Waals surface area contributed by atoms with E-state index in [1.165, 1.54) is 0 Å². The minimum atomic E-state index is -1.08. The van der Waals surface area contributed by atoms with Gasteiger partial charge in [-0.25, -0.2) is 0 Å². The molecule has 0 unspecified atom stereocenters. The Balaban J connectivity index is 0.000000837. The molecule has 0 aromatic heterocycles. The molecule has 0 fully saturated rings. The van der Waals surface area contributed by atoms with Crippen molar-refractivity contribution in [2.45, 2.75) is 27.7 Å². The molecule has 0 aliphatic rings. The summed E-state index contributed by atoms with van der Waals surface area (Å²) in [5.41, 5.74) is 7.98. The van der Waals surface area contributed by atoms with E-state index >= 15 is 0 Å². The molecule has 2 N–H and O–H groups in total. The zero-order chi connectivity index (χ0) is 35.2. The van der Waals surface area contributed by atoms with Crippen molar-refractivity contribution in [3.05, 3.63) is 125 Å². The number of carboxylic acid groups (broad SMARTS) is 2. The summed E-state index contributed by atoms with van der Waals surface area (Å²) in [5, 5.41) is 39.3. The summed E-state index contributed by atoms with van der Waals surface area (Å²) in [7, 11) is 1.60. The number of rotatable bonds is 7. The van der Waals surface area contributed by atoms with Gasteiger partial charge in [0.1, 0.15) is 17.2 Å². The van der Waals surface area contributed by atoms with Gasteiger partial charge in [0.05, 0.1) is 18.5 Å². The van der Waals surface area contributed by atoms with Gasteiger partial charge in [-0.3, -0.25) is 9.98 Å². The molecule has 253 valence electrons. The van der Waals surface area contributed by atoms with Crippen LogP contribution in [0.5, 0.6) is 17.2 Å². The van der Waals surface area contributed by atoms with Crippen LogP contribution in [-0.4, -0.2) is 41.7 Å². The molecule has 0 spiro atoms.